The molecule has 172 valence electrons. The lowest BCUT2D eigenvalue weighted by Gasteiger charge is -2.13. The van der Waals surface area contributed by atoms with Crippen molar-refractivity contribution < 1.29 is 0 Å². The molecule has 4 aromatic carbocycles. The number of hydrogen-bond donors (Lipinski definition) is 0. The number of nitrogens with zero attached hydrogens (tertiary/aromatic N) is 3. The van der Waals surface area contributed by atoms with E-state index in [4.69, 9.17) is 4.98 Å². The van der Waals surface area contributed by atoms with E-state index in [-0.39, 0.29) is 0 Å². The average Bonchev–Trinajstić information content (AvgIpc) is 3.29. The van der Waals surface area contributed by atoms with Crippen LogP contribution in [0.5, 0.6) is 0 Å². The summed E-state index contributed by atoms with van der Waals surface area (Å²) in [4.78, 5) is 9.51. The molecular formula is C30H23Br2N3. The second-order valence-corrected chi connectivity index (χ2v) is 10.7. The van der Waals surface area contributed by atoms with E-state index in [2.05, 4.69) is 109 Å². The van der Waals surface area contributed by atoms with E-state index in [0.717, 1.165) is 48.9 Å². The van der Waals surface area contributed by atoms with E-state index in [1.807, 2.05) is 24.5 Å². The van der Waals surface area contributed by atoms with Crippen LogP contribution in [0.15, 0.2) is 94.1 Å². The molecule has 0 unspecified atom stereocenters. The Morgan fingerprint density at radius 3 is 2.09 bits per heavy atom. The molecular weight excluding hydrogens is 562 g/mol. The van der Waals surface area contributed by atoms with Crippen molar-refractivity contribution in [2.75, 3.05) is 0 Å². The zero-order valence-electron chi connectivity index (χ0n) is 19.3. The van der Waals surface area contributed by atoms with Gasteiger partial charge in [0.2, 0.25) is 0 Å². The molecule has 6 rings (SSSR count). The molecule has 5 heteroatoms. The van der Waals surface area contributed by atoms with Crippen LogP contribution in [0.4, 0.5) is 0 Å². The smallest absolute Gasteiger partial charge is 0.145 e. The number of hydrogen-bond acceptors (Lipinski definition) is 2. The highest BCUT2D eigenvalue weighted by Crippen LogP contribution is 2.40. The Balaban J connectivity index is 1.74. The maximum Gasteiger partial charge on any atom is 0.145 e. The lowest BCUT2D eigenvalue weighted by atomic mass is 10.00. The van der Waals surface area contributed by atoms with Gasteiger partial charge in [-0.05, 0) is 77.7 Å². The fourth-order valence-electron chi connectivity index (χ4n) is 4.89. The molecule has 0 amide bonds. The first kappa shape index (κ1) is 22.4. The molecule has 0 radical (unpaired) electrons. The lowest BCUT2D eigenvalue weighted by Crippen LogP contribution is -1.99. The van der Waals surface area contributed by atoms with Gasteiger partial charge in [0.25, 0.3) is 0 Å². The third-order valence-corrected chi connectivity index (χ3v) is 7.58. The van der Waals surface area contributed by atoms with E-state index in [9.17, 15) is 0 Å². The van der Waals surface area contributed by atoms with Crippen molar-refractivity contribution in [3.8, 4) is 17.1 Å². The molecule has 0 aliphatic rings. The van der Waals surface area contributed by atoms with Gasteiger partial charge >= 0.3 is 0 Å². The van der Waals surface area contributed by atoms with Crippen LogP contribution < -0.4 is 0 Å². The van der Waals surface area contributed by atoms with Crippen LogP contribution in [-0.4, -0.2) is 14.5 Å². The van der Waals surface area contributed by atoms with Gasteiger partial charge in [0, 0.05) is 43.4 Å². The molecule has 0 atom stereocenters. The summed E-state index contributed by atoms with van der Waals surface area (Å²) < 4.78 is 4.43. The molecule has 0 aliphatic carbocycles. The minimum absolute atomic E-state index is 0.920. The third-order valence-electron chi connectivity index (χ3n) is 6.59. The van der Waals surface area contributed by atoms with Crippen LogP contribution in [0.25, 0.3) is 49.7 Å². The molecule has 0 N–H and O–H groups in total. The van der Waals surface area contributed by atoms with E-state index in [0.29, 0.717) is 0 Å². The Hall–Kier alpha value is -3.02. The van der Waals surface area contributed by atoms with Gasteiger partial charge in [0.1, 0.15) is 5.82 Å². The Bertz CT molecular complexity index is 1690. The topological polar surface area (TPSA) is 30.7 Å². The number of aryl methyl sites for hydroxylation is 1. The lowest BCUT2D eigenvalue weighted by molar-refractivity contribution is 0.795. The Morgan fingerprint density at radius 1 is 0.743 bits per heavy atom. The van der Waals surface area contributed by atoms with E-state index in [1.165, 1.54) is 34.6 Å². The number of unbranched alkanes of at least 4 members (excludes halogenated alkanes) is 1. The van der Waals surface area contributed by atoms with Gasteiger partial charge in [0.05, 0.1) is 11.0 Å². The van der Waals surface area contributed by atoms with Crippen LogP contribution in [-0.2, 0) is 6.42 Å². The number of rotatable bonds is 5. The summed E-state index contributed by atoms with van der Waals surface area (Å²) in [6, 6.07) is 26.0. The standard InChI is InChI=1S/C30H23Br2N3/c1-2-3-4-19-5-9-23(10-6-19)35-29-25-12-8-22(32)18-27(25)26-17-21(31)7-11-24(26)28(29)34-30(35)20-13-15-33-16-14-20/h5-18H,2-4H2,1H3. The summed E-state index contributed by atoms with van der Waals surface area (Å²) in [5.74, 6) is 0.920. The van der Waals surface area contributed by atoms with Crippen LogP contribution >= 0.6 is 31.9 Å². The fourth-order valence-corrected chi connectivity index (χ4v) is 5.61. The third kappa shape index (κ3) is 3.97. The molecule has 0 fully saturated rings. The normalized spacial score (nSPS) is 11.6. The summed E-state index contributed by atoms with van der Waals surface area (Å²) in [5, 5.41) is 4.70. The minimum atomic E-state index is 0.920. The quantitative estimate of drug-likeness (QED) is 0.189. The molecule has 2 heterocycles. The number of benzene rings is 4. The second kappa shape index (κ2) is 9.21. The number of pyridine rings is 1. The van der Waals surface area contributed by atoms with E-state index < -0.39 is 0 Å². The number of fused-ring (bicyclic) bond motifs is 6. The van der Waals surface area contributed by atoms with Crippen LogP contribution in [0.2, 0.25) is 0 Å². The zero-order chi connectivity index (χ0) is 23.9. The molecule has 0 spiro atoms. The van der Waals surface area contributed by atoms with Crippen molar-refractivity contribution in [1.29, 1.82) is 0 Å². The summed E-state index contributed by atoms with van der Waals surface area (Å²) in [7, 11) is 0. The van der Waals surface area contributed by atoms with Crippen LogP contribution in [0.3, 0.4) is 0 Å². The fraction of sp³-hybridized carbons (Fsp3) is 0.133. The molecule has 35 heavy (non-hydrogen) atoms. The number of imidazole rings is 1. The maximum atomic E-state index is 5.27. The molecule has 0 saturated heterocycles. The molecule has 0 bridgehead atoms. The maximum absolute atomic E-state index is 5.27. The van der Waals surface area contributed by atoms with Crippen molar-refractivity contribution in [3.63, 3.8) is 0 Å². The summed E-state index contributed by atoms with van der Waals surface area (Å²) >= 11 is 7.37. The Labute approximate surface area is 221 Å². The largest absolute Gasteiger partial charge is 0.292 e. The highest BCUT2D eigenvalue weighted by Gasteiger charge is 2.20. The SMILES string of the molecule is CCCCc1ccc(-n2c(-c3ccncc3)nc3c4ccc(Br)cc4c4cc(Br)ccc4c32)cc1. The molecule has 2 aromatic heterocycles. The van der Waals surface area contributed by atoms with Gasteiger partial charge in [-0.25, -0.2) is 4.98 Å². The van der Waals surface area contributed by atoms with Crippen molar-refractivity contribution in [1.82, 2.24) is 14.5 Å². The van der Waals surface area contributed by atoms with Crippen LogP contribution in [0.1, 0.15) is 25.3 Å². The van der Waals surface area contributed by atoms with Gasteiger partial charge in [0.15, 0.2) is 0 Å². The van der Waals surface area contributed by atoms with Gasteiger partial charge in [-0.3, -0.25) is 9.55 Å². The van der Waals surface area contributed by atoms with Gasteiger partial charge in [-0.1, -0.05) is 69.5 Å². The molecule has 0 saturated carbocycles. The Kier molecular flexibility index (Phi) is 5.91. The highest BCUT2D eigenvalue weighted by atomic mass is 79.9. The number of aromatic nitrogens is 3. The first-order chi connectivity index (χ1) is 17.1. The van der Waals surface area contributed by atoms with Gasteiger partial charge in [-0.15, -0.1) is 0 Å². The average molecular weight is 585 g/mol. The van der Waals surface area contributed by atoms with Crippen molar-refractivity contribution in [2.45, 2.75) is 26.2 Å². The van der Waals surface area contributed by atoms with E-state index >= 15 is 0 Å². The monoisotopic (exact) mass is 583 g/mol. The highest BCUT2D eigenvalue weighted by molar-refractivity contribution is 9.10. The summed E-state index contributed by atoms with van der Waals surface area (Å²) in [6.07, 6.45) is 7.17. The van der Waals surface area contributed by atoms with Gasteiger partial charge < -0.3 is 0 Å². The molecule has 0 aliphatic heterocycles. The Morgan fingerprint density at radius 2 is 1.40 bits per heavy atom. The van der Waals surface area contributed by atoms with E-state index in [1.54, 1.807) is 0 Å². The van der Waals surface area contributed by atoms with Crippen LogP contribution in [0, 0.1) is 0 Å². The second-order valence-electron chi connectivity index (χ2n) is 8.85. The van der Waals surface area contributed by atoms with Crippen molar-refractivity contribution in [3.05, 3.63) is 99.7 Å². The molecule has 3 nitrogen and oxygen atoms in total. The predicted molar refractivity (Wildman–Crippen MR) is 153 cm³/mol. The summed E-state index contributed by atoms with van der Waals surface area (Å²) in [5.41, 5.74) is 5.65. The van der Waals surface area contributed by atoms with Crippen molar-refractivity contribution >= 4 is 64.4 Å². The zero-order valence-corrected chi connectivity index (χ0v) is 22.5. The number of halogens is 2. The van der Waals surface area contributed by atoms with Gasteiger partial charge in [-0.2, -0.15) is 0 Å². The first-order valence-electron chi connectivity index (χ1n) is 11.9. The van der Waals surface area contributed by atoms with Crippen molar-refractivity contribution in [2.24, 2.45) is 0 Å². The predicted octanol–water partition coefficient (Wildman–Crippen LogP) is 9.26. The summed E-state index contributed by atoms with van der Waals surface area (Å²) in [6.45, 7) is 2.24. The first-order valence-corrected chi connectivity index (χ1v) is 13.5. The molecule has 6 aromatic rings. The minimum Gasteiger partial charge on any atom is -0.292 e.